The van der Waals surface area contributed by atoms with Crippen molar-refractivity contribution in [3.8, 4) is 6.07 Å². The third-order valence-corrected chi connectivity index (χ3v) is 3.49. The van der Waals surface area contributed by atoms with Crippen LogP contribution in [0.2, 0.25) is 0 Å². The number of aryl methyl sites for hydroxylation is 1. The zero-order valence-electron chi connectivity index (χ0n) is 11.3. The molecule has 0 aromatic carbocycles. The molecule has 8 heteroatoms. The molecular formula is C12H15N3O4S. The molecule has 0 aliphatic rings. The third kappa shape index (κ3) is 4.51. The van der Waals surface area contributed by atoms with Gasteiger partial charge in [-0.3, -0.25) is 19.0 Å². The number of rotatable bonds is 6. The number of amides is 1. The average molecular weight is 297 g/mol. The minimum absolute atomic E-state index is 0.205. The molecule has 0 saturated heterocycles. The summed E-state index contributed by atoms with van der Waals surface area (Å²) >= 11 is 1.01. The Labute approximate surface area is 120 Å². The predicted molar refractivity (Wildman–Crippen MR) is 72.1 cm³/mol. The monoisotopic (exact) mass is 297 g/mol. The SMILES string of the molecule is Cc1csc(=O)n1CC(=O)OCC(=O)N(C)CCC#N. The Morgan fingerprint density at radius 1 is 1.55 bits per heavy atom. The summed E-state index contributed by atoms with van der Waals surface area (Å²) in [6.07, 6.45) is 0.222. The van der Waals surface area contributed by atoms with Crippen molar-refractivity contribution in [3.63, 3.8) is 0 Å². The molecule has 0 N–H and O–H groups in total. The van der Waals surface area contributed by atoms with Crippen LogP contribution in [-0.2, 0) is 20.9 Å². The first kappa shape index (κ1) is 15.9. The maximum Gasteiger partial charge on any atom is 0.326 e. The number of aromatic nitrogens is 1. The van der Waals surface area contributed by atoms with Gasteiger partial charge < -0.3 is 9.64 Å². The van der Waals surface area contributed by atoms with Crippen LogP contribution in [0.3, 0.4) is 0 Å². The van der Waals surface area contributed by atoms with Crippen LogP contribution in [-0.4, -0.2) is 41.5 Å². The maximum atomic E-state index is 11.6. The standard InChI is InChI=1S/C12H15N3O4S/c1-9-8-20-12(18)15(9)6-11(17)19-7-10(16)14(2)5-3-4-13/h8H,3,5-7H2,1-2H3. The molecule has 108 valence electrons. The summed E-state index contributed by atoms with van der Waals surface area (Å²) < 4.78 is 6.11. The van der Waals surface area contributed by atoms with Gasteiger partial charge in [-0.05, 0) is 6.92 Å². The predicted octanol–water partition coefficient (Wildman–Crippen LogP) is 0.134. The Morgan fingerprint density at radius 2 is 2.25 bits per heavy atom. The van der Waals surface area contributed by atoms with E-state index < -0.39 is 12.6 Å². The number of nitriles is 1. The van der Waals surface area contributed by atoms with Crippen LogP contribution in [0, 0.1) is 18.3 Å². The molecule has 0 aliphatic heterocycles. The van der Waals surface area contributed by atoms with E-state index in [0.29, 0.717) is 5.69 Å². The lowest BCUT2D eigenvalue weighted by Gasteiger charge is -2.15. The van der Waals surface area contributed by atoms with Crippen LogP contribution in [0.1, 0.15) is 12.1 Å². The average Bonchev–Trinajstić information content (AvgIpc) is 2.73. The van der Waals surface area contributed by atoms with Crippen LogP contribution in [0.5, 0.6) is 0 Å². The molecule has 0 atom stereocenters. The summed E-state index contributed by atoms with van der Waals surface area (Å²) in [5, 5.41) is 10.1. The van der Waals surface area contributed by atoms with Crippen molar-refractivity contribution in [2.45, 2.75) is 19.9 Å². The molecule has 0 radical (unpaired) electrons. The Kier molecular flexibility index (Phi) is 5.93. The van der Waals surface area contributed by atoms with E-state index in [0.717, 1.165) is 11.3 Å². The van der Waals surface area contributed by atoms with Crippen LogP contribution >= 0.6 is 11.3 Å². The van der Waals surface area contributed by atoms with E-state index in [-0.39, 0.29) is 30.3 Å². The molecule has 0 bridgehead atoms. The Morgan fingerprint density at radius 3 is 2.80 bits per heavy atom. The zero-order chi connectivity index (χ0) is 15.1. The number of hydrogen-bond acceptors (Lipinski definition) is 6. The van der Waals surface area contributed by atoms with Crippen LogP contribution < -0.4 is 4.87 Å². The van der Waals surface area contributed by atoms with Gasteiger partial charge in [-0.2, -0.15) is 5.26 Å². The summed E-state index contributed by atoms with van der Waals surface area (Å²) in [6, 6.07) is 1.92. The van der Waals surface area contributed by atoms with Gasteiger partial charge in [0.2, 0.25) is 0 Å². The highest BCUT2D eigenvalue weighted by atomic mass is 32.1. The van der Waals surface area contributed by atoms with Gasteiger partial charge in [-0.1, -0.05) is 11.3 Å². The van der Waals surface area contributed by atoms with Crippen LogP contribution in [0.25, 0.3) is 0 Å². The maximum absolute atomic E-state index is 11.6. The first-order chi connectivity index (χ1) is 9.45. The van der Waals surface area contributed by atoms with Gasteiger partial charge in [0.1, 0.15) is 6.54 Å². The highest BCUT2D eigenvalue weighted by Gasteiger charge is 2.13. The van der Waals surface area contributed by atoms with Gasteiger partial charge >= 0.3 is 10.8 Å². The van der Waals surface area contributed by atoms with Gasteiger partial charge in [-0.25, -0.2) is 0 Å². The summed E-state index contributed by atoms with van der Waals surface area (Å²) in [4.78, 5) is 35.6. The number of esters is 1. The molecule has 0 aliphatic carbocycles. The fraction of sp³-hybridized carbons (Fsp3) is 0.500. The second-order valence-electron chi connectivity index (χ2n) is 4.11. The first-order valence-electron chi connectivity index (χ1n) is 5.87. The topological polar surface area (TPSA) is 92.4 Å². The molecule has 0 unspecified atom stereocenters. The normalized spacial score (nSPS) is 9.85. The number of thiazole rings is 1. The quantitative estimate of drug-likeness (QED) is 0.696. The fourth-order valence-corrected chi connectivity index (χ4v) is 2.10. The van der Waals surface area contributed by atoms with Gasteiger partial charge in [0.15, 0.2) is 6.61 Å². The van der Waals surface area contributed by atoms with Gasteiger partial charge in [0.25, 0.3) is 5.91 Å². The summed E-state index contributed by atoms with van der Waals surface area (Å²) in [7, 11) is 1.53. The van der Waals surface area contributed by atoms with Crippen molar-refractivity contribution >= 4 is 23.2 Å². The van der Waals surface area contributed by atoms with Crippen molar-refractivity contribution < 1.29 is 14.3 Å². The Balaban J connectivity index is 2.43. The van der Waals surface area contributed by atoms with E-state index in [4.69, 9.17) is 10.00 Å². The molecule has 1 rings (SSSR count). The fourth-order valence-electron chi connectivity index (χ4n) is 1.37. The molecule has 1 aromatic rings. The largest absolute Gasteiger partial charge is 0.454 e. The van der Waals surface area contributed by atoms with Crippen molar-refractivity contribution in [2.24, 2.45) is 0 Å². The van der Waals surface area contributed by atoms with E-state index in [1.54, 1.807) is 12.3 Å². The second kappa shape index (κ2) is 7.45. The Hall–Kier alpha value is -2.14. The van der Waals surface area contributed by atoms with Crippen LogP contribution in [0.15, 0.2) is 10.2 Å². The molecule has 20 heavy (non-hydrogen) atoms. The van der Waals surface area contributed by atoms with E-state index in [1.807, 2.05) is 6.07 Å². The van der Waals surface area contributed by atoms with Crippen molar-refractivity contribution in [2.75, 3.05) is 20.2 Å². The number of hydrogen-bond donors (Lipinski definition) is 0. The lowest BCUT2D eigenvalue weighted by atomic mass is 10.4. The number of likely N-dealkylation sites (N-methyl/N-ethyl adjacent to an activating group) is 1. The van der Waals surface area contributed by atoms with Crippen molar-refractivity contribution in [1.29, 1.82) is 5.26 Å². The smallest absolute Gasteiger partial charge is 0.326 e. The third-order valence-electron chi connectivity index (χ3n) is 2.61. The molecule has 1 aromatic heterocycles. The summed E-state index contributed by atoms with van der Waals surface area (Å²) in [5.74, 6) is -1.03. The molecule has 0 saturated carbocycles. The highest BCUT2D eigenvalue weighted by Crippen LogP contribution is 2.00. The lowest BCUT2D eigenvalue weighted by Crippen LogP contribution is -2.33. The van der Waals surface area contributed by atoms with Gasteiger partial charge in [-0.15, -0.1) is 0 Å². The number of carbonyl (C=O) groups is 2. The minimum Gasteiger partial charge on any atom is -0.454 e. The van der Waals surface area contributed by atoms with Crippen LogP contribution in [0.4, 0.5) is 0 Å². The van der Waals surface area contributed by atoms with Gasteiger partial charge in [0, 0.05) is 24.7 Å². The van der Waals surface area contributed by atoms with E-state index >= 15 is 0 Å². The molecular weight excluding hydrogens is 282 g/mol. The zero-order valence-corrected chi connectivity index (χ0v) is 12.1. The van der Waals surface area contributed by atoms with Gasteiger partial charge in [0.05, 0.1) is 12.5 Å². The minimum atomic E-state index is -0.643. The van der Waals surface area contributed by atoms with E-state index in [9.17, 15) is 14.4 Å². The molecule has 1 amide bonds. The number of carbonyl (C=O) groups excluding carboxylic acids is 2. The summed E-state index contributed by atoms with van der Waals surface area (Å²) in [6.45, 7) is 1.41. The molecule has 0 fully saturated rings. The van der Waals surface area contributed by atoms with Crippen molar-refractivity contribution in [3.05, 3.63) is 20.7 Å². The number of nitrogens with zero attached hydrogens (tertiary/aromatic N) is 3. The number of ether oxygens (including phenoxy) is 1. The van der Waals surface area contributed by atoms with Crippen molar-refractivity contribution in [1.82, 2.24) is 9.47 Å². The molecule has 0 spiro atoms. The first-order valence-corrected chi connectivity index (χ1v) is 6.75. The van der Waals surface area contributed by atoms with E-state index in [1.165, 1.54) is 16.5 Å². The second-order valence-corrected chi connectivity index (χ2v) is 4.93. The highest BCUT2D eigenvalue weighted by molar-refractivity contribution is 7.07. The van der Waals surface area contributed by atoms with E-state index in [2.05, 4.69) is 0 Å². The summed E-state index contributed by atoms with van der Waals surface area (Å²) in [5.41, 5.74) is 0.675. The lowest BCUT2D eigenvalue weighted by molar-refractivity contribution is -0.152. The molecule has 7 nitrogen and oxygen atoms in total. The molecule has 1 heterocycles. The Bertz CT molecular complexity index is 584.